The fourth-order valence-electron chi connectivity index (χ4n) is 2.91. The summed E-state index contributed by atoms with van der Waals surface area (Å²) in [5.74, 6) is 0. The Morgan fingerprint density at radius 2 is 1.88 bits per heavy atom. The summed E-state index contributed by atoms with van der Waals surface area (Å²) in [7, 11) is 0. The van der Waals surface area contributed by atoms with E-state index in [-0.39, 0.29) is 5.56 Å². The average Bonchev–Trinajstić information content (AvgIpc) is 2.95. The van der Waals surface area contributed by atoms with Crippen LogP contribution in [-0.2, 0) is 6.67 Å². The second kappa shape index (κ2) is 6.74. The Kier molecular flexibility index (Phi) is 4.42. The van der Waals surface area contributed by atoms with E-state index < -0.39 is 0 Å². The lowest BCUT2D eigenvalue weighted by Crippen LogP contribution is -2.42. The summed E-state index contributed by atoms with van der Waals surface area (Å²) in [5, 5.41) is 0.684. The molecule has 26 heavy (non-hydrogen) atoms. The van der Waals surface area contributed by atoms with Crippen molar-refractivity contribution in [3.8, 4) is 0 Å². The van der Waals surface area contributed by atoms with Crippen LogP contribution < -0.4 is 19.8 Å². The van der Waals surface area contributed by atoms with Gasteiger partial charge in [0.05, 0.1) is 4.53 Å². The van der Waals surface area contributed by atoms with E-state index in [2.05, 4.69) is 41.9 Å². The summed E-state index contributed by atoms with van der Waals surface area (Å²) >= 11 is 7.36. The quantitative estimate of drug-likeness (QED) is 0.682. The Bertz CT molecular complexity index is 1150. The lowest BCUT2D eigenvalue weighted by atomic mass is 10.1. The van der Waals surface area contributed by atoms with Gasteiger partial charge >= 0.3 is 0 Å². The smallest absolute Gasteiger partial charge is 0.271 e. The number of thiazole rings is 1. The lowest BCUT2D eigenvalue weighted by Gasteiger charge is -2.26. The second-order valence-corrected chi connectivity index (χ2v) is 7.87. The van der Waals surface area contributed by atoms with Gasteiger partial charge in [0.25, 0.3) is 5.56 Å². The molecule has 1 aliphatic rings. The van der Waals surface area contributed by atoms with Crippen molar-refractivity contribution in [1.82, 2.24) is 4.57 Å². The third-order valence-corrected chi connectivity index (χ3v) is 5.90. The summed E-state index contributed by atoms with van der Waals surface area (Å²) in [4.78, 5) is 20.3. The molecule has 0 unspecified atom stereocenters. The number of fused-ring (bicyclic) bond motifs is 1. The van der Waals surface area contributed by atoms with Crippen molar-refractivity contribution in [2.24, 2.45) is 4.99 Å². The zero-order chi connectivity index (χ0) is 18.3. The molecule has 1 aromatic heterocycles. The van der Waals surface area contributed by atoms with Crippen molar-refractivity contribution >= 4 is 34.7 Å². The molecule has 4 rings (SSSR count). The predicted molar refractivity (Wildman–Crippen MR) is 108 cm³/mol. The Morgan fingerprint density at radius 1 is 1.12 bits per heavy atom. The van der Waals surface area contributed by atoms with Crippen LogP contribution in [0.15, 0.2) is 52.3 Å². The van der Waals surface area contributed by atoms with Crippen LogP contribution in [0.2, 0.25) is 5.02 Å². The molecule has 0 saturated carbocycles. The number of anilines is 1. The first-order valence-corrected chi connectivity index (χ1v) is 9.54. The highest BCUT2D eigenvalue weighted by molar-refractivity contribution is 7.07. The van der Waals surface area contributed by atoms with Gasteiger partial charge < -0.3 is 4.90 Å². The van der Waals surface area contributed by atoms with E-state index in [0.717, 1.165) is 16.1 Å². The molecule has 4 nitrogen and oxygen atoms in total. The molecule has 0 atom stereocenters. The molecule has 0 amide bonds. The summed E-state index contributed by atoms with van der Waals surface area (Å²) in [6.45, 7) is 5.27. The standard InChI is InChI=1S/C20H18ClN3OS/c1-13-3-8-17(9-14(13)2)23-11-22-20-24(12-23)19(25)18(26-20)10-15-4-6-16(21)7-5-15/h3-10H,11-12H2,1-2H3/b18-10-. The van der Waals surface area contributed by atoms with E-state index >= 15 is 0 Å². The van der Waals surface area contributed by atoms with Gasteiger partial charge in [0.2, 0.25) is 0 Å². The van der Waals surface area contributed by atoms with Gasteiger partial charge in [0, 0.05) is 10.7 Å². The number of benzene rings is 2. The Labute approximate surface area is 160 Å². The molecule has 1 aliphatic heterocycles. The maximum Gasteiger partial charge on any atom is 0.271 e. The van der Waals surface area contributed by atoms with Gasteiger partial charge in [-0.2, -0.15) is 0 Å². The number of hydrogen-bond acceptors (Lipinski definition) is 4. The molecule has 0 bridgehead atoms. The van der Waals surface area contributed by atoms with Crippen LogP contribution in [0.5, 0.6) is 0 Å². The van der Waals surface area contributed by atoms with E-state index in [0.29, 0.717) is 22.9 Å². The molecule has 6 heteroatoms. The van der Waals surface area contributed by atoms with E-state index in [1.165, 1.54) is 22.5 Å². The number of hydrogen-bond donors (Lipinski definition) is 0. The third-order valence-electron chi connectivity index (χ3n) is 4.60. The minimum Gasteiger partial charge on any atom is -0.334 e. The van der Waals surface area contributed by atoms with Gasteiger partial charge in [-0.15, -0.1) is 0 Å². The first-order valence-electron chi connectivity index (χ1n) is 8.35. The molecule has 2 heterocycles. The molecule has 0 spiro atoms. The molecule has 0 fully saturated rings. The second-order valence-electron chi connectivity index (χ2n) is 6.43. The number of halogens is 1. The monoisotopic (exact) mass is 383 g/mol. The minimum atomic E-state index is -0.00256. The molecular weight excluding hydrogens is 366 g/mol. The van der Waals surface area contributed by atoms with E-state index in [1.54, 1.807) is 4.57 Å². The number of rotatable bonds is 2. The molecular formula is C20H18ClN3OS. The highest BCUT2D eigenvalue weighted by Gasteiger charge is 2.16. The normalized spacial score (nSPS) is 14.3. The predicted octanol–water partition coefficient (Wildman–Crippen LogP) is 3.06. The van der Waals surface area contributed by atoms with Crippen molar-refractivity contribution in [2.45, 2.75) is 20.5 Å². The van der Waals surface area contributed by atoms with E-state index in [4.69, 9.17) is 11.6 Å². The zero-order valence-corrected chi connectivity index (χ0v) is 16.1. The van der Waals surface area contributed by atoms with Crippen molar-refractivity contribution in [1.29, 1.82) is 0 Å². The van der Waals surface area contributed by atoms with Crippen molar-refractivity contribution < 1.29 is 0 Å². The molecule has 0 aliphatic carbocycles. The fourth-order valence-corrected chi connectivity index (χ4v) is 4.00. The van der Waals surface area contributed by atoms with Crippen LogP contribution >= 0.6 is 22.9 Å². The SMILES string of the molecule is Cc1ccc(N2CN=c3s/c(=C\c4ccc(Cl)cc4)c(=O)n3C2)cc1C. The van der Waals surface area contributed by atoms with Crippen molar-refractivity contribution in [2.75, 3.05) is 11.6 Å². The molecule has 3 aromatic rings. The first kappa shape index (κ1) is 17.1. The molecule has 2 aromatic carbocycles. The van der Waals surface area contributed by atoms with Crippen LogP contribution in [0, 0.1) is 13.8 Å². The third kappa shape index (κ3) is 3.20. The minimum absolute atomic E-state index is 0.00256. The van der Waals surface area contributed by atoms with Crippen molar-refractivity contribution in [3.63, 3.8) is 0 Å². The largest absolute Gasteiger partial charge is 0.334 e. The Hall–Kier alpha value is -2.37. The van der Waals surface area contributed by atoms with Crippen LogP contribution in [-0.4, -0.2) is 11.2 Å². The number of aryl methyl sites for hydroxylation is 2. The summed E-state index contributed by atoms with van der Waals surface area (Å²) in [6.07, 6.45) is 1.89. The van der Waals surface area contributed by atoms with Crippen LogP contribution in [0.25, 0.3) is 6.08 Å². The topological polar surface area (TPSA) is 37.6 Å². The Morgan fingerprint density at radius 3 is 2.62 bits per heavy atom. The van der Waals surface area contributed by atoms with Crippen molar-refractivity contribution in [3.05, 3.63) is 83.9 Å². The van der Waals surface area contributed by atoms with Gasteiger partial charge in [-0.05, 0) is 60.9 Å². The Balaban J connectivity index is 1.70. The van der Waals surface area contributed by atoms with Gasteiger partial charge in [-0.1, -0.05) is 41.1 Å². The zero-order valence-electron chi connectivity index (χ0n) is 14.6. The van der Waals surface area contributed by atoms with Crippen LogP contribution in [0.4, 0.5) is 5.69 Å². The lowest BCUT2D eigenvalue weighted by molar-refractivity contribution is 0.569. The van der Waals surface area contributed by atoms with E-state index in [9.17, 15) is 4.79 Å². The number of aromatic nitrogens is 1. The molecule has 0 saturated heterocycles. The fraction of sp³-hybridized carbons (Fsp3) is 0.200. The maximum absolute atomic E-state index is 12.8. The van der Waals surface area contributed by atoms with Gasteiger partial charge in [0.15, 0.2) is 4.80 Å². The molecule has 132 valence electrons. The molecule has 0 N–H and O–H groups in total. The summed E-state index contributed by atoms with van der Waals surface area (Å²) < 4.78 is 2.43. The highest BCUT2D eigenvalue weighted by Crippen LogP contribution is 2.19. The van der Waals surface area contributed by atoms with Crippen LogP contribution in [0.3, 0.4) is 0 Å². The van der Waals surface area contributed by atoms with E-state index in [1.807, 2.05) is 30.3 Å². The van der Waals surface area contributed by atoms with Gasteiger partial charge in [0.1, 0.15) is 13.3 Å². The summed E-state index contributed by atoms with van der Waals surface area (Å²) in [6, 6.07) is 13.8. The molecule has 0 radical (unpaired) electrons. The average molecular weight is 384 g/mol. The first-order chi connectivity index (χ1) is 12.5. The summed E-state index contributed by atoms with van der Waals surface area (Å²) in [5.41, 5.74) is 4.54. The van der Waals surface area contributed by atoms with Crippen LogP contribution in [0.1, 0.15) is 16.7 Å². The van der Waals surface area contributed by atoms with Gasteiger partial charge in [-0.25, -0.2) is 4.99 Å². The number of nitrogens with zero attached hydrogens (tertiary/aromatic N) is 3. The van der Waals surface area contributed by atoms with Gasteiger partial charge in [-0.3, -0.25) is 9.36 Å². The highest BCUT2D eigenvalue weighted by atomic mass is 35.5. The maximum atomic E-state index is 12.8.